The second kappa shape index (κ2) is 7.43. The molecule has 0 aliphatic rings. The molecule has 2 N–H and O–H groups in total. The van der Waals surface area contributed by atoms with E-state index in [9.17, 15) is 4.79 Å². The van der Waals surface area contributed by atoms with E-state index in [0.717, 1.165) is 18.7 Å². The van der Waals surface area contributed by atoms with Gasteiger partial charge in [0.05, 0.1) is 0 Å². The molecule has 21 heavy (non-hydrogen) atoms. The summed E-state index contributed by atoms with van der Waals surface area (Å²) in [4.78, 5) is 16.2. The number of pyridine rings is 1. The van der Waals surface area contributed by atoms with Crippen LogP contribution in [0.2, 0.25) is 0 Å². The minimum atomic E-state index is -0.136. The van der Waals surface area contributed by atoms with Gasteiger partial charge in [-0.3, -0.25) is 9.78 Å². The van der Waals surface area contributed by atoms with Crippen molar-refractivity contribution in [2.75, 3.05) is 18.4 Å². The first-order valence-electron chi connectivity index (χ1n) is 7.23. The summed E-state index contributed by atoms with van der Waals surface area (Å²) in [5, 5.41) is 6.09. The predicted octanol–water partition coefficient (Wildman–Crippen LogP) is 2.79. The van der Waals surface area contributed by atoms with Crippen molar-refractivity contribution in [2.45, 2.75) is 20.3 Å². The van der Waals surface area contributed by atoms with Crippen molar-refractivity contribution in [1.29, 1.82) is 0 Å². The lowest BCUT2D eigenvalue weighted by molar-refractivity contribution is 0.0949. The second-order valence-electron chi connectivity index (χ2n) is 4.89. The third-order valence-electron chi connectivity index (χ3n) is 3.31. The molecule has 2 aromatic rings. The van der Waals surface area contributed by atoms with E-state index >= 15 is 0 Å². The quantitative estimate of drug-likeness (QED) is 0.857. The average Bonchev–Trinajstić information content (AvgIpc) is 2.50. The Morgan fingerprint density at radius 1 is 1.24 bits per heavy atom. The molecule has 0 unspecified atom stereocenters. The highest BCUT2D eigenvalue weighted by atomic mass is 16.1. The van der Waals surface area contributed by atoms with Gasteiger partial charge in [0.2, 0.25) is 0 Å². The first-order chi connectivity index (χ1) is 10.2. The lowest BCUT2D eigenvalue weighted by Crippen LogP contribution is -2.26. The molecule has 4 heteroatoms. The lowest BCUT2D eigenvalue weighted by Gasteiger charge is -2.08. The van der Waals surface area contributed by atoms with Crippen LogP contribution in [0.3, 0.4) is 0 Å². The Balaban J connectivity index is 1.90. The summed E-state index contributed by atoms with van der Waals surface area (Å²) in [6, 6.07) is 11.8. The van der Waals surface area contributed by atoms with Gasteiger partial charge in [-0.15, -0.1) is 0 Å². The van der Waals surface area contributed by atoms with Crippen molar-refractivity contribution in [2.24, 2.45) is 0 Å². The van der Waals surface area contributed by atoms with Crippen LogP contribution < -0.4 is 10.6 Å². The van der Waals surface area contributed by atoms with Crippen LogP contribution in [-0.4, -0.2) is 24.0 Å². The SMILES string of the molecule is CCNc1ccnc(C(=O)NCCc2ccccc2C)c1. The number of anilines is 1. The largest absolute Gasteiger partial charge is 0.385 e. The maximum atomic E-state index is 12.1. The molecule has 1 aromatic heterocycles. The molecule has 0 fully saturated rings. The molecule has 1 heterocycles. The van der Waals surface area contributed by atoms with Crippen LogP contribution in [0, 0.1) is 6.92 Å². The Morgan fingerprint density at radius 3 is 2.81 bits per heavy atom. The highest BCUT2D eigenvalue weighted by Crippen LogP contribution is 2.08. The van der Waals surface area contributed by atoms with Crippen LogP contribution in [0.25, 0.3) is 0 Å². The fourth-order valence-corrected chi connectivity index (χ4v) is 2.16. The van der Waals surface area contributed by atoms with Gasteiger partial charge in [0, 0.05) is 25.0 Å². The monoisotopic (exact) mass is 283 g/mol. The van der Waals surface area contributed by atoms with Gasteiger partial charge in [-0.1, -0.05) is 24.3 Å². The highest BCUT2D eigenvalue weighted by Gasteiger charge is 2.07. The van der Waals surface area contributed by atoms with Crippen LogP contribution >= 0.6 is 0 Å². The molecule has 110 valence electrons. The maximum absolute atomic E-state index is 12.1. The lowest BCUT2D eigenvalue weighted by atomic mass is 10.1. The summed E-state index contributed by atoms with van der Waals surface area (Å²) < 4.78 is 0. The van der Waals surface area contributed by atoms with Crippen LogP contribution in [0.15, 0.2) is 42.6 Å². The Hall–Kier alpha value is -2.36. The fourth-order valence-electron chi connectivity index (χ4n) is 2.16. The molecule has 1 amide bonds. The Kier molecular flexibility index (Phi) is 5.32. The number of nitrogens with one attached hydrogen (secondary N) is 2. The zero-order chi connectivity index (χ0) is 15.1. The average molecular weight is 283 g/mol. The van der Waals surface area contributed by atoms with E-state index in [1.54, 1.807) is 12.3 Å². The number of aromatic nitrogens is 1. The molecule has 0 aliphatic carbocycles. The maximum Gasteiger partial charge on any atom is 0.269 e. The van der Waals surface area contributed by atoms with Crippen molar-refractivity contribution in [3.8, 4) is 0 Å². The van der Waals surface area contributed by atoms with Crippen molar-refractivity contribution >= 4 is 11.6 Å². The van der Waals surface area contributed by atoms with E-state index in [1.807, 2.05) is 25.1 Å². The number of benzene rings is 1. The number of amides is 1. The van der Waals surface area contributed by atoms with Gasteiger partial charge in [0.25, 0.3) is 5.91 Å². The van der Waals surface area contributed by atoms with Gasteiger partial charge in [-0.25, -0.2) is 0 Å². The van der Waals surface area contributed by atoms with E-state index in [-0.39, 0.29) is 5.91 Å². The Morgan fingerprint density at radius 2 is 2.05 bits per heavy atom. The topological polar surface area (TPSA) is 54.0 Å². The summed E-state index contributed by atoms with van der Waals surface area (Å²) in [6.45, 7) is 5.52. The number of aryl methyl sites for hydroxylation is 1. The number of carbonyl (C=O) groups excluding carboxylic acids is 1. The van der Waals surface area contributed by atoms with Gasteiger partial charge in [-0.05, 0) is 43.5 Å². The van der Waals surface area contributed by atoms with Gasteiger partial charge in [0.15, 0.2) is 0 Å². The molecule has 0 radical (unpaired) electrons. The normalized spacial score (nSPS) is 10.2. The molecule has 2 rings (SSSR count). The van der Waals surface area contributed by atoms with Crippen molar-refractivity contribution < 1.29 is 4.79 Å². The predicted molar refractivity (Wildman–Crippen MR) is 85.6 cm³/mol. The van der Waals surface area contributed by atoms with Crippen molar-refractivity contribution in [3.05, 3.63) is 59.4 Å². The van der Waals surface area contributed by atoms with Gasteiger partial charge in [-0.2, -0.15) is 0 Å². The van der Waals surface area contributed by atoms with E-state index in [2.05, 4.69) is 34.7 Å². The number of carbonyl (C=O) groups is 1. The van der Waals surface area contributed by atoms with E-state index < -0.39 is 0 Å². The summed E-state index contributed by atoms with van der Waals surface area (Å²) in [7, 11) is 0. The zero-order valence-corrected chi connectivity index (χ0v) is 12.5. The molecule has 1 aromatic carbocycles. The number of hydrogen-bond acceptors (Lipinski definition) is 3. The Labute approximate surface area is 125 Å². The molecule has 4 nitrogen and oxygen atoms in total. The summed E-state index contributed by atoms with van der Waals surface area (Å²) in [5.74, 6) is -0.136. The molecule has 0 aliphatic heterocycles. The van der Waals surface area contributed by atoms with Gasteiger partial charge in [0.1, 0.15) is 5.69 Å². The molecule has 0 saturated heterocycles. The molecule has 0 spiro atoms. The first-order valence-corrected chi connectivity index (χ1v) is 7.23. The van der Waals surface area contributed by atoms with Crippen molar-refractivity contribution in [1.82, 2.24) is 10.3 Å². The second-order valence-corrected chi connectivity index (χ2v) is 4.89. The van der Waals surface area contributed by atoms with Crippen molar-refractivity contribution in [3.63, 3.8) is 0 Å². The molecule has 0 bridgehead atoms. The summed E-state index contributed by atoms with van der Waals surface area (Å²) >= 11 is 0. The highest BCUT2D eigenvalue weighted by molar-refractivity contribution is 5.93. The van der Waals surface area contributed by atoms with Crippen LogP contribution in [0.1, 0.15) is 28.5 Å². The van der Waals surface area contributed by atoms with E-state index in [0.29, 0.717) is 12.2 Å². The number of rotatable bonds is 6. The molecular formula is C17H21N3O. The molecule has 0 atom stereocenters. The van der Waals surface area contributed by atoms with Crippen LogP contribution in [0.5, 0.6) is 0 Å². The smallest absolute Gasteiger partial charge is 0.269 e. The number of nitrogens with zero attached hydrogens (tertiary/aromatic N) is 1. The third kappa shape index (κ3) is 4.31. The number of hydrogen-bond donors (Lipinski definition) is 2. The third-order valence-corrected chi connectivity index (χ3v) is 3.31. The minimum Gasteiger partial charge on any atom is -0.385 e. The standard InChI is InChI=1S/C17H21N3O/c1-3-18-15-9-11-19-16(12-15)17(21)20-10-8-14-7-5-4-6-13(14)2/h4-7,9,11-12H,3,8,10H2,1-2H3,(H,18,19)(H,20,21). The fraction of sp³-hybridized carbons (Fsp3) is 0.294. The Bertz CT molecular complexity index is 610. The van der Waals surface area contributed by atoms with E-state index in [4.69, 9.17) is 0 Å². The molecular weight excluding hydrogens is 262 g/mol. The first kappa shape index (κ1) is 15.0. The van der Waals surface area contributed by atoms with Crippen LogP contribution in [-0.2, 0) is 6.42 Å². The summed E-state index contributed by atoms with van der Waals surface area (Å²) in [5.41, 5.74) is 3.86. The van der Waals surface area contributed by atoms with Crippen LogP contribution in [0.4, 0.5) is 5.69 Å². The minimum absolute atomic E-state index is 0.136. The molecule has 0 saturated carbocycles. The zero-order valence-electron chi connectivity index (χ0n) is 12.5. The van der Waals surface area contributed by atoms with Gasteiger partial charge < -0.3 is 10.6 Å². The van der Waals surface area contributed by atoms with Gasteiger partial charge >= 0.3 is 0 Å². The van der Waals surface area contributed by atoms with E-state index in [1.165, 1.54) is 11.1 Å². The summed E-state index contributed by atoms with van der Waals surface area (Å²) in [6.07, 6.45) is 2.47.